The van der Waals surface area contributed by atoms with E-state index < -0.39 is 0 Å². The summed E-state index contributed by atoms with van der Waals surface area (Å²) < 4.78 is 0. The second-order valence-corrected chi connectivity index (χ2v) is 7.61. The topological polar surface area (TPSA) is 12.0 Å². The third-order valence-corrected chi connectivity index (χ3v) is 6.35. The number of hydrogen-bond acceptors (Lipinski definition) is 1. The molecular formula is C19H27N. The van der Waals surface area contributed by atoms with Crippen molar-refractivity contribution in [3.63, 3.8) is 0 Å². The Labute approximate surface area is 123 Å². The average molecular weight is 269 g/mol. The van der Waals surface area contributed by atoms with E-state index in [1.807, 2.05) is 0 Å². The van der Waals surface area contributed by atoms with Gasteiger partial charge in [-0.05, 0) is 85.9 Å². The van der Waals surface area contributed by atoms with E-state index in [1.165, 1.54) is 57.9 Å². The Morgan fingerprint density at radius 3 is 2.85 bits per heavy atom. The van der Waals surface area contributed by atoms with E-state index >= 15 is 0 Å². The first-order chi connectivity index (χ1) is 9.79. The molecule has 0 radical (unpaired) electrons. The number of aryl methyl sites for hydroxylation is 2. The summed E-state index contributed by atoms with van der Waals surface area (Å²) in [5, 5.41) is 3.51. The molecule has 0 aliphatic heterocycles. The highest BCUT2D eigenvalue weighted by Gasteiger charge is 2.50. The minimum atomic E-state index is 0.560. The van der Waals surface area contributed by atoms with Gasteiger partial charge in [0.15, 0.2) is 0 Å². The fraction of sp³-hybridized carbons (Fsp3) is 0.684. The zero-order valence-corrected chi connectivity index (χ0v) is 12.8. The lowest BCUT2D eigenvalue weighted by atomic mass is 9.69. The summed E-state index contributed by atoms with van der Waals surface area (Å²) in [6.45, 7) is 1.21. The van der Waals surface area contributed by atoms with Gasteiger partial charge in [-0.1, -0.05) is 24.6 Å². The van der Waals surface area contributed by atoms with Gasteiger partial charge in [-0.15, -0.1) is 0 Å². The number of nitrogens with one attached hydrogen (secondary N) is 1. The minimum Gasteiger partial charge on any atom is -0.319 e. The molecular weight excluding hydrogens is 242 g/mol. The summed E-state index contributed by atoms with van der Waals surface area (Å²) >= 11 is 0. The summed E-state index contributed by atoms with van der Waals surface area (Å²) in [5.41, 5.74) is 5.42. The molecule has 1 N–H and O–H groups in total. The second-order valence-electron chi connectivity index (χ2n) is 7.61. The first-order valence-electron chi connectivity index (χ1n) is 8.54. The Morgan fingerprint density at radius 2 is 2.10 bits per heavy atom. The first-order valence-corrected chi connectivity index (χ1v) is 8.54. The standard InChI is InChI=1S/C19H27N/c1-20-13-19(12-15-6-8-18(19)10-15)11-14-5-7-16-3-2-4-17(16)9-14/h5,7,9,15,18,20H,2-4,6,8,10-13H2,1H3. The maximum atomic E-state index is 3.51. The molecule has 1 aromatic rings. The van der Waals surface area contributed by atoms with Gasteiger partial charge in [-0.25, -0.2) is 0 Å². The van der Waals surface area contributed by atoms with Crippen molar-refractivity contribution in [2.75, 3.05) is 13.6 Å². The van der Waals surface area contributed by atoms with Gasteiger partial charge in [0.1, 0.15) is 0 Å². The molecule has 0 saturated heterocycles. The van der Waals surface area contributed by atoms with Crippen LogP contribution in [0.4, 0.5) is 0 Å². The molecule has 0 spiro atoms. The van der Waals surface area contributed by atoms with Crippen molar-refractivity contribution in [1.82, 2.24) is 5.32 Å². The van der Waals surface area contributed by atoms with Crippen LogP contribution in [-0.4, -0.2) is 13.6 Å². The summed E-state index contributed by atoms with van der Waals surface area (Å²) in [6.07, 6.45) is 11.3. The van der Waals surface area contributed by atoms with Crippen LogP contribution in [0, 0.1) is 17.3 Å². The van der Waals surface area contributed by atoms with Gasteiger partial charge < -0.3 is 5.32 Å². The van der Waals surface area contributed by atoms with Crippen molar-refractivity contribution in [3.05, 3.63) is 34.9 Å². The van der Waals surface area contributed by atoms with E-state index in [2.05, 4.69) is 30.6 Å². The van der Waals surface area contributed by atoms with E-state index in [9.17, 15) is 0 Å². The Balaban J connectivity index is 1.59. The second kappa shape index (κ2) is 4.87. The highest BCUT2D eigenvalue weighted by molar-refractivity contribution is 5.36. The van der Waals surface area contributed by atoms with Crippen LogP contribution in [0.1, 0.15) is 48.8 Å². The molecule has 108 valence electrons. The van der Waals surface area contributed by atoms with Crippen molar-refractivity contribution in [1.29, 1.82) is 0 Å². The highest BCUT2D eigenvalue weighted by atomic mass is 14.8. The zero-order valence-electron chi connectivity index (χ0n) is 12.8. The summed E-state index contributed by atoms with van der Waals surface area (Å²) in [5.74, 6) is 2.01. The van der Waals surface area contributed by atoms with Crippen molar-refractivity contribution in [2.45, 2.75) is 51.4 Å². The van der Waals surface area contributed by atoms with Crippen LogP contribution in [0.15, 0.2) is 18.2 Å². The zero-order chi connectivity index (χ0) is 13.6. The SMILES string of the molecule is CNCC1(Cc2ccc3c(c2)CCC3)CC2CCC1C2. The molecule has 0 heterocycles. The number of benzene rings is 1. The normalized spacial score (nSPS) is 34.6. The van der Waals surface area contributed by atoms with Crippen molar-refractivity contribution < 1.29 is 0 Å². The van der Waals surface area contributed by atoms with Crippen LogP contribution < -0.4 is 5.32 Å². The Morgan fingerprint density at radius 1 is 1.20 bits per heavy atom. The van der Waals surface area contributed by atoms with E-state index in [-0.39, 0.29) is 0 Å². The van der Waals surface area contributed by atoms with E-state index in [4.69, 9.17) is 0 Å². The van der Waals surface area contributed by atoms with Gasteiger partial charge in [-0.3, -0.25) is 0 Å². The molecule has 2 bridgehead atoms. The molecule has 0 aromatic heterocycles. The fourth-order valence-corrected chi connectivity index (χ4v) is 5.55. The van der Waals surface area contributed by atoms with Crippen molar-refractivity contribution in [2.24, 2.45) is 17.3 Å². The summed E-state index contributed by atoms with van der Waals surface area (Å²) in [6, 6.07) is 7.37. The van der Waals surface area contributed by atoms with Gasteiger partial charge >= 0.3 is 0 Å². The summed E-state index contributed by atoms with van der Waals surface area (Å²) in [4.78, 5) is 0. The number of hydrogen-bond donors (Lipinski definition) is 1. The molecule has 3 atom stereocenters. The molecule has 1 aromatic carbocycles. The van der Waals surface area contributed by atoms with Crippen LogP contribution in [0.25, 0.3) is 0 Å². The van der Waals surface area contributed by atoms with Crippen LogP contribution in [0.5, 0.6) is 0 Å². The number of fused-ring (bicyclic) bond motifs is 3. The third-order valence-electron chi connectivity index (χ3n) is 6.35. The quantitative estimate of drug-likeness (QED) is 0.878. The van der Waals surface area contributed by atoms with Crippen LogP contribution in [0.3, 0.4) is 0 Å². The Hall–Kier alpha value is -0.820. The van der Waals surface area contributed by atoms with Gasteiger partial charge in [-0.2, -0.15) is 0 Å². The molecule has 3 aliphatic carbocycles. The molecule has 1 nitrogen and oxygen atoms in total. The molecule has 2 saturated carbocycles. The Kier molecular flexibility index (Phi) is 3.14. The predicted molar refractivity (Wildman–Crippen MR) is 84.0 cm³/mol. The first kappa shape index (κ1) is 12.9. The maximum Gasteiger partial charge on any atom is 0.00108 e. The molecule has 1 heteroatoms. The van der Waals surface area contributed by atoms with Crippen LogP contribution in [-0.2, 0) is 19.3 Å². The molecule has 2 fully saturated rings. The van der Waals surface area contributed by atoms with Crippen LogP contribution >= 0.6 is 0 Å². The lowest BCUT2D eigenvalue weighted by Gasteiger charge is -2.38. The molecule has 3 unspecified atom stereocenters. The van der Waals surface area contributed by atoms with Crippen molar-refractivity contribution >= 4 is 0 Å². The number of rotatable bonds is 4. The third kappa shape index (κ3) is 2.02. The van der Waals surface area contributed by atoms with E-state index in [0.717, 1.165) is 11.8 Å². The largest absolute Gasteiger partial charge is 0.319 e. The lowest BCUT2D eigenvalue weighted by Crippen LogP contribution is -2.39. The van der Waals surface area contributed by atoms with Gasteiger partial charge in [0, 0.05) is 6.54 Å². The predicted octanol–water partition coefficient (Wildman–Crippen LogP) is 3.74. The lowest BCUT2D eigenvalue weighted by molar-refractivity contribution is 0.160. The fourth-order valence-electron chi connectivity index (χ4n) is 5.55. The highest BCUT2D eigenvalue weighted by Crippen LogP contribution is 2.57. The monoisotopic (exact) mass is 269 g/mol. The van der Waals surface area contributed by atoms with E-state index in [0.29, 0.717) is 5.41 Å². The molecule has 3 aliphatic rings. The summed E-state index contributed by atoms with van der Waals surface area (Å²) in [7, 11) is 2.14. The molecule has 20 heavy (non-hydrogen) atoms. The Bertz CT molecular complexity index is 506. The van der Waals surface area contributed by atoms with Crippen LogP contribution in [0.2, 0.25) is 0 Å². The smallest absolute Gasteiger partial charge is 0.00108 e. The van der Waals surface area contributed by atoms with E-state index in [1.54, 1.807) is 16.7 Å². The molecule has 4 rings (SSSR count). The average Bonchev–Trinajstić information content (AvgIpc) is 3.12. The van der Waals surface area contributed by atoms with Gasteiger partial charge in [0.25, 0.3) is 0 Å². The van der Waals surface area contributed by atoms with Gasteiger partial charge in [0.2, 0.25) is 0 Å². The maximum absolute atomic E-state index is 3.51. The molecule has 0 amide bonds. The van der Waals surface area contributed by atoms with Gasteiger partial charge in [0.05, 0.1) is 0 Å². The van der Waals surface area contributed by atoms with Crippen molar-refractivity contribution in [3.8, 4) is 0 Å². The minimum absolute atomic E-state index is 0.560.